The molecule has 1 aromatic heterocycles. The molecule has 4 nitrogen and oxygen atoms in total. The lowest BCUT2D eigenvalue weighted by atomic mass is 9.78. The Morgan fingerprint density at radius 2 is 2.00 bits per heavy atom. The first-order valence-corrected chi connectivity index (χ1v) is 7.57. The number of nitrogens with zero attached hydrogens (tertiary/aromatic N) is 3. The smallest absolute Gasteiger partial charge is 0.318 e. The van der Waals surface area contributed by atoms with E-state index in [0.717, 1.165) is 12.5 Å². The largest absolute Gasteiger partial charge is 0.408 e. The second-order valence-electron chi connectivity index (χ2n) is 5.36. The molecule has 2 unspecified atom stereocenters. The van der Waals surface area contributed by atoms with Crippen molar-refractivity contribution in [3.63, 3.8) is 0 Å². The maximum absolute atomic E-state index is 5.73. The minimum absolute atomic E-state index is 0.535. The second kappa shape index (κ2) is 5.47. The van der Waals surface area contributed by atoms with Gasteiger partial charge in [0.25, 0.3) is 0 Å². The molecule has 0 radical (unpaired) electrons. The zero-order valence-electron chi connectivity index (χ0n) is 10.6. The van der Waals surface area contributed by atoms with Gasteiger partial charge < -0.3 is 9.32 Å². The van der Waals surface area contributed by atoms with Crippen LogP contribution >= 0.6 is 11.6 Å². The molecule has 1 aliphatic heterocycles. The summed E-state index contributed by atoms with van der Waals surface area (Å²) in [4.78, 5) is 2.35. The zero-order chi connectivity index (χ0) is 12.4. The van der Waals surface area contributed by atoms with Gasteiger partial charge in [-0.3, -0.25) is 0 Å². The molecule has 2 atom stereocenters. The Morgan fingerprint density at radius 3 is 2.89 bits per heavy atom. The number of piperidine rings is 1. The fourth-order valence-electron chi connectivity index (χ4n) is 3.40. The van der Waals surface area contributed by atoms with E-state index in [1.165, 1.54) is 38.5 Å². The molecule has 0 aromatic carbocycles. The van der Waals surface area contributed by atoms with Gasteiger partial charge >= 0.3 is 6.01 Å². The van der Waals surface area contributed by atoms with E-state index in [1.807, 2.05) is 0 Å². The summed E-state index contributed by atoms with van der Waals surface area (Å²) < 4.78 is 5.73. The summed E-state index contributed by atoms with van der Waals surface area (Å²) in [5.74, 6) is 2.03. The molecule has 2 aliphatic rings. The predicted molar refractivity (Wildman–Crippen MR) is 71.0 cm³/mol. The van der Waals surface area contributed by atoms with Crippen molar-refractivity contribution in [2.75, 3.05) is 17.3 Å². The molecule has 1 saturated heterocycles. The van der Waals surface area contributed by atoms with E-state index in [0.29, 0.717) is 30.2 Å². The third-order valence-corrected chi connectivity index (χ3v) is 4.44. The summed E-state index contributed by atoms with van der Waals surface area (Å²) in [5, 5.41) is 8.28. The molecule has 0 N–H and O–H groups in total. The zero-order valence-corrected chi connectivity index (χ0v) is 11.4. The van der Waals surface area contributed by atoms with Crippen molar-refractivity contribution in [3.05, 3.63) is 5.89 Å². The summed E-state index contributed by atoms with van der Waals surface area (Å²) in [7, 11) is 0. The number of anilines is 1. The van der Waals surface area contributed by atoms with Gasteiger partial charge in [0.05, 0.1) is 0 Å². The summed E-state index contributed by atoms with van der Waals surface area (Å²) in [6, 6.07) is 1.34. The molecule has 1 aromatic rings. The van der Waals surface area contributed by atoms with Crippen molar-refractivity contribution in [1.82, 2.24) is 10.2 Å². The first-order valence-electron chi connectivity index (χ1n) is 7.03. The molecule has 100 valence electrons. The summed E-state index contributed by atoms with van der Waals surface area (Å²) >= 11 is 5.70. The van der Waals surface area contributed by atoms with Crippen molar-refractivity contribution in [2.45, 2.75) is 51.0 Å². The molecule has 18 heavy (non-hydrogen) atoms. The van der Waals surface area contributed by atoms with Crippen LogP contribution in [0.5, 0.6) is 0 Å². The number of hydrogen-bond acceptors (Lipinski definition) is 4. The van der Waals surface area contributed by atoms with Gasteiger partial charge in [0.1, 0.15) is 0 Å². The molecular formula is C13H20ClN3O. The van der Waals surface area contributed by atoms with E-state index in [4.69, 9.17) is 16.0 Å². The first kappa shape index (κ1) is 12.3. The third kappa shape index (κ3) is 2.35. The summed E-state index contributed by atoms with van der Waals surface area (Å²) in [6.45, 7) is 1.06. The lowest BCUT2D eigenvalue weighted by Gasteiger charge is -2.43. The van der Waals surface area contributed by atoms with E-state index in [2.05, 4.69) is 15.1 Å². The highest BCUT2D eigenvalue weighted by atomic mass is 35.5. The molecule has 5 heteroatoms. The van der Waals surface area contributed by atoms with Gasteiger partial charge in [-0.1, -0.05) is 17.9 Å². The third-order valence-electron chi connectivity index (χ3n) is 4.25. The van der Waals surface area contributed by atoms with Crippen LogP contribution in [0.15, 0.2) is 4.42 Å². The highest BCUT2D eigenvalue weighted by Crippen LogP contribution is 2.37. The van der Waals surface area contributed by atoms with Crippen LogP contribution in [0, 0.1) is 5.92 Å². The lowest BCUT2D eigenvalue weighted by Crippen LogP contribution is -2.47. The summed E-state index contributed by atoms with van der Waals surface area (Å²) in [5.41, 5.74) is 0. The van der Waals surface area contributed by atoms with Gasteiger partial charge in [0, 0.05) is 24.9 Å². The topological polar surface area (TPSA) is 42.2 Å². The van der Waals surface area contributed by atoms with Gasteiger partial charge in [-0.25, -0.2) is 0 Å². The number of halogens is 1. The average molecular weight is 270 g/mol. The van der Waals surface area contributed by atoms with Crippen molar-refractivity contribution in [2.24, 2.45) is 5.92 Å². The standard InChI is InChI=1S/C13H20ClN3O/c14-8-7-12-15-16-13(18-12)17-9-3-5-10-4-1-2-6-11(10)17/h10-11H,1-9H2. The number of rotatable bonds is 3. The Hall–Kier alpha value is -0.770. The van der Waals surface area contributed by atoms with Crippen molar-refractivity contribution in [1.29, 1.82) is 0 Å². The van der Waals surface area contributed by atoms with E-state index < -0.39 is 0 Å². The van der Waals surface area contributed by atoms with Crippen molar-refractivity contribution >= 4 is 17.6 Å². The normalized spacial score (nSPS) is 28.2. The minimum atomic E-state index is 0.535. The predicted octanol–water partition coefficient (Wildman–Crippen LogP) is 3.01. The molecule has 1 aliphatic carbocycles. The Labute approximate surface area is 113 Å². The van der Waals surface area contributed by atoms with Gasteiger partial charge in [-0.05, 0) is 31.6 Å². The molecule has 1 saturated carbocycles. The number of aromatic nitrogens is 2. The molecule has 3 rings (SSSR count). The molecular weight excluding hydrogens is 250 g/mol. The quantitative estimate of drug-likeness (QED) is 0.791. The second-order valence-corrected chi connectivity index (χ2v) is 5.74. The van der Waals surface area contributed by atoms with Gasteiger partial charge in [0.15, 0.2) is 0 Å². The van der Waals surface area contributed by atoms with E-state index in [-0.39, 0.29) is 0 Å². The maximum atomic E-state index is 5.73. The maximum Gasteiger partial charge on any atom is 0.318 e. The van der Waals surface area contributed by atoms with E-state index in [9.17, 15) is 0 Å². The highest BCUT2D eigenvalue weighted by Gasteiger charge is 2.35. The van der Waals surface area contributed by atoms with Crippen molar-refractivity contribution in [3.8, 4) is 0 Å². The highest BCUT2D eigenvalue weighted by molar-refractivity contribution is 6.17. The average Bonchev–Trinajstić information content (AvgIpc) is 2.87. The van der Waals surface area contributed by atoms with E-state index in [1.54, 1.807) is 0 Å². The monoisotopic (exact) mass is 269 g/mol. The van der Waals surface area contributed by atoms with Gasteiger partial charge in [-0.15, -0.1) is 16.7 Å². The van der Waals surface area contributed by atoms with Gasteiger partial charge in [0.2, 0.25) is 5.89 Å². The number of fused-ring (bicyclic) bond motifs is 1. The van der Waals surface area contributed by atoms with Crippen LogP contribution in [0.1, 0.15) is 44.4 Å². The van der Waals surface area contributed by atoms with Crippen LogP contribution in [0.2, 0.25) is 0 Å². The molecule has 2 fully saturated rings. The number of aryl methyl sites for hydroxylation is 1. The van der Waals surface area contributed by atoms with Crippen molar-refractivity contribution < 1.29 is 4.42 Å². The molecule has 0 bridgehead atoms. The minimum Gasteiger partial charge on any atom is -0.408 e. The fourth-order valence-corrected chi connectivity index (χ4v) is 3.57. The first-order chi connectivity index (χ1) is 8.88. The van der Waals surface area contributed by atoms with Crippen LogP contribution in [0.3, 0.4) is 0 Å². The van der Waals surface area contributed by atoms with Crippen LogP contribution < -0.4 is 4.90 Å². The Bertz CT molecular complexity index is 393. The molecule has 0 amide bonds. The molecule has 0 spiro atoms. The Balaban J connectivity index is 1.76. The van der Waals surface area contributed by atoms with Crippen LogP contribution in [0.25, 0.3) is 0 Å². The van der Waals surface area contributed by atoms with Crippen LogP contribution in [0.4, 0.5) is 6.01 Å². The fraction of sp³-hybridized carbons (Fsp3) is 0.846. The van der Waals surface area contributed by atoms with Gasteiger partial charge in [-0.2, -0.15) is 0 Å². The summed E-state index contributed by atoms with van der Waals surface area (Å²) in [6.07, 6.45) is 8.63. The van der Waals surface area contributed by atoms with E-state index >= 15 is 0 Å². The number of alkyl halides is 1. The number of hydrogen-bond donors (Lipinski definition) is 0. The molecule has 2 heterocycles. The SMILES string of the molecule is ClCCc1nnc(N2CCCC3CCCCC32)o1. The Morgan fingerprint density at radius 1 is 1.17 bits per heavy atom. The lowest BCUT2D eigenvalue weighted by molar-refractivity contribution is 0.234. The Kier molecular flexibility index (Phi) is 3.73. The van der Waals surface area contributed by atoms with Crippen LogP contribution in [-0.2, 0) is 6.42 Å². The van der Waals surface area contributed by atoms with Crippen LogP contribution in [-0.4, -0.2) is 28.7 Å².